The molecule has 3 heteroatoms. The van der Waals surface area contributed by atoms with Crippen LogP contribution in [0.3, 0.4) is 0 Å². The largest absolute Gasteiger partial charge is 0.504 e. The molecule has 3 atom stereocenters. The number of hydrogen-bond donors (Lipinski definition) is 2. The number of likely N-dealkylation sites (N-methyl/N-ethyl adjacent to an activating group) is 1. The van der Waals surface area contributed by atoms with E-state index in [1.165, 1.54) is 31.2 Å². The van der Waals surface area contributed by atoms with Gasteiger partial charge in [0.05, 0.1) is 0 Å². The summed E-state index contributed by atoms with van der Waals surface area (Å²) in [7, 11) is 2.24. The molecule has 0 radical (unpaired) electrons. The van der Waals surface area contributed by atoms with Gasteiger partial charge in [0, 0.05) is 17.0 Å². The molecule has 3 unspecified atom stereocenters. The molecule has 4 rings (SSSR count). The van der Waals surface area contributed by atoms with E-state index >= 15 is 0 Å². The molecule has 0 spiro atoms. The van der Waals surface area contributed by atoms with Gasteiger partial charge in [-0.1, -0.05) is 18.9 Å². The lowest BCUT2D eigenvalue weighted by Gasteiger charge is -2.58. The first-order valence-corrected chi connectivity index (χ1v) is 7.88. The Morgan fingerprint density at radius 3 is 2.90 bits per heavy atom. The second-order valence-electron chi connectivity index (χ2n) is 6.98. The van der Waals surface area contributed by atoms with Gasteiger partial charge in [0.15, 0.2) is 11.5 Å². The molecule has 1 saturated heterocycles. The van der Waals surface area contributed by atoms with Crippen LogP contribution in [0, 0.1) is 5.92 Å². The number of likely N-dealkylation sites (tertiary alicyclic amines) is 1. The predicted octanol–water partition coefficient (Wildman–Crippen LogP) is 2.79. The molecule has 1 saturated carbocycles. The van der Waals surface area contributed by atoms with Crippen molar-refractivity contribution in [1.82, 2.24) is 4.90 Å². The maximum Gasteiger partial charge on any atom is 0.161 e. The van der Waals surface area contributed by atoms with E-state index in [1.807, 2.05) is 6.07 Å². The van der Waals surface area contributed by atoms with Crippen LogP contribution in [-0.2, 0) is 11.8 Å². The second kappa shape index (κ2) is 4.14. The number of aromatic hydroxyl groups is 2. The molecule has 1 heterocycles. The average molecular weight is 273 g/mol. The molecule has 2 bridgehead atoms. The Hall–Kier alpha value is -1.22. The lowest BCUT2D eigenvalue weighted by molar-refractivity contribution is 0.00132. The van der Waals surface area contributed by atoms with Gasteiger partial charge in [-0.15, -0.1) is 0 Å². The van der Waals surface area contributed by atoms with Crippen LogP contribution in [-0.4, -0.2) is 34.7 Å². The summed E-state index contributed by atoms with van der Waals surface area (Å²) in [5.74, 6) is 0.868. The van der Waals surface area contributed by atoms with Gasteiger partial charge in [0.1, 0.15) is 0 Å². The molecule has 3 nitrogen and oxygen atoms in total. The summed E-state index contributed by atoms with van der Waals surface area (Å²) >= 11 is 0. The van der Waals surface area contributed by atoms with Crippen LogP contribution in [0.2, 0.25) is 0 Å². The highest BCUT2D eigenvalue weighted by Gasteiger charge is 2.54. The minimum Gasteiger partial charge on any atom is -0.504 e. The van der Waals surface area contributed by atoms with Crippen molar-refractivity contribution in [2.24, 2.45) is 5.92 Å². The van der Waals surface area contributed by atoms with Gasteiger partial charge in [0.25, 0.3) is 0 Å². The van der Waals surface area contributed by atoms with Gasteiger partial charge in [0.2, 0.25) is 0 Å². The smallest absolute Gasteiger partial charge is 0.161 e. The minimum atomic E-state index is 0.0554. The minimum absolute atomic E-state index is 0.0554. The fraction of sp³-hybridized carbons (Fsp3) is 0.647. The molecular formula is C17H23NO2. The van der Waals surface area contributed by atoms with Crippen LogP contribution in [0.1, 0.15) is 43.2 Å². The summed E-state index contributed by atoms with van der Waals surface area (Å²) in [5, 5.41) is 20.4. The van der Waals surface area contributed by atoms with Crippen LogP contribution in [0.4, 0.5) is 0 Å². The van der Waals surface area contributed by atoms with Crippen molar-refractivity contribution in [1.29, 1.82) is 0 Å². The predicted molar refractivity (Wildman–Crippen MR) is 78.1 cm³/mol. The Balaban J connectivity index is 1.95. The first kappa shape index (κ1) is 12.5. The molecule has 108 valence electrons. The van der Waals surface area contributed by atoms with Crippen LogP contribution in [0.25, 0.3) is 0 Å². The van der Waals surface area contributed by atoms with E-state index in [-0.39, 0.29) is 16.9 Å². The topological polar surface area (TPSA) is 43.7 Å². The third kappa shape index (κ3) is 1.44. The summed E-state index contributed by atoms with van der Waals surface area (Å²) in [5.41, 5.74) is 2.47. The zero-order valence-corrected chi connectivity index (χ0v) is 12.1. The number of hydrogen-bond acceptors (Lipinski definition) is 3. The molecule has 3 aliphatic rings. The van der Waals surface area contributed by atoms with Crippen molar-refractivity contribution >= 4 is 0 Å². The van der Waals surface area contributed by atoms with E-state index in [4.69, 9.17) is 0 Å². The molecule has 20 heavy (non-hydrogen) atoms. The highest BCUT2D eigenvalue weighted by atomic mass is 16.3. The number of piperidine rings is 1. The average Bonchev–Trinajstić information content (AvgIpc) is 2.46. The van der Waals surface area contributed by atoms with Crippen LogP contribution < -0.4 is 0 Å². The molecule has 1 aromatic carbocycles. The zero-order valence-electron chi connectivity index (χ0n) is 12.1. The monoisotopic (exact) mass is 273 g/mol. The maximum absolute atomic E-state index is 10.5. The lowest BCUT2D eigenvalue weighted by Crippen LogP contribution is -2.59. The van der Waals surface area contributed by atoms with Gasteiger partial charge in [-0.05, 0) is 56.8 Å². The number of fused-ring (bicyclic) bond motifs is 1. The molecule has 1 aromatic rings. The molecule has 2 N–H and O–H groups in total. The van der Waals surface area contributed by atoms with Gasteiger partial charge < -0.3 is 15.1 Å². The highest BCUT2D eigenvalue weighted by Crippen LogP contribution is 2.58. The fourth-order valence-corrected chi connectivity index (χ4v) is 5.29. The molecular weight excluding hydrogens is 250 g/mol. The maximum atomic E-state index is 10.5. The third-order valence-electron chi connectivity index (χ3n) is 6.21. The van der Waals surface area contributed by atoms with Crippen molar-refractivity contribution in [3.63, 3.8) is 0 Å². The number of benzene rings is 1. The summed E-state index contributed by atoms with van der Waals surface area (Å²) in [6, 6.07) is 4.30. The standard InChI is InChI=1S/C17H23NO2/c1-18-9-8-17-7-3-2-4-12(17)13(18)10-11-5-6-14(19)16(20)15(11)17/h5-6,12-13,19-20H,2-4,7-10H2,1H3. The van der Waals surface area contributed by atoms with Crippen molar-refractivity contribution < 1.29 is 10.2 Å². The zero-order chi connectivity index (χ0) is 13.9. The lowest BCUT2D eigenvalue weighted by atomic mass is 9.52. The van der Waals surface area contributed by atoms with Crippen LogP contribution in [0.15, 0.2) is 12.1 Å². The molecule has 1 aliphatic heterocycles. The van der Waals surface area contributed by atoms with E-state index in [9.17, 15) is 10.2 Å². The summed E-state index contributed by atoms with van der Waals surface area (Å²) in [6.07, 6.45) is 7.14. The number of nitrogens with zero attached hydrogens (tertiary/aromatic N) is 1. The number of phenols is 2. The first-order valence-electron chi connectivity index (χ1n) is 7.88. The Morgan fingerprint density at radius 1 is 1.20 bits per heavy atom. The van der Waals surface area contributed by atoms with E-state index in [0.29, 0.717) is 12.0 Å². The highest BCUT2D eigenvalue weighted by molar-refractivity contribution is 5.55. The van der Waals surface area contributed by atoms with Gasteiger partial charge in [-0.25, -0.2) is 0 Å². The molecule has 0 aromatic heterocycles. The number of phenolic OH excluding ortho intramolecular Hbond substituents is 2. The number of rotatable bonds is 0. The van der Waals surface area contributed by atoms with E-state index in [0.717, 1.165) is 24.9 Å². The van der Waals surface area contributed by atoms with Crippen molar-refractivity contribution in [3.8, 4) is 11.5 Å². The Morgan fingerprint density at radius 2 is 2.05 bits per heavy atom. The van der Waals surface area contributed by atoms with Crippen molar-refractivity contribution in [3.05, 3.63) is 23.3 Å². The van der Waals surface area contributed by atoms with E-state index in [1.54, 1.807) is 6.07 Å². The van der Waals surface area contributed by atoms with Crippen LogP contribution in [0.5, 0.6) is 11.5 Å². The van der Waals surface area contributed by atoms with Crippen molar-refractivity contribution in [2.75, 3.05) is 13.6 Å². The Kier molecular flexibility index (Phi) is 2.59. The van der Waals surface area contributed by atoms with Crippen molar-refractivity contribution in [2.45, 2.75) is 50.0 Å². The normalized spacial score (nSPS) is 36.2. The Bertz CT molecular complexity index is 556. The first-order chi connectivity index (χ1) is 9.63. The summed E-state index contributed by atoms with van der Waals surface area (Å²) in [4.78, 5) is 2.51. The SMILES string of the molecule is CN1CCC23CCCCC2C1Cc1ccc(O)c(O)c13. The summed E-state index contributed by atoms with van der Waals surface area (Å²) < 4.78 is 0. The fourth-order valence-electron chi connectivity index (χ4n) is 5.29. The molecule has 2 aliphatic carbocycles. The molecule has 2 fully saturated rings. The van der Waals surface area contributed by atoms with Crippen LogP contribution >= 0.6 is 0 Å². The van der Waals surface area contributed by atoms with Gasteiger partial charge >= 0.3 is 0 Å². The van der Waals surface area contributed by atoms with Gasteiger partial charge in [-0.3, -0.25) is 0 Å². The van der Waals surface area contributed by atoms with E-state index < -0.39 is 0 Å². The summed E-state index contributed by atoms with van der Waals surface area (Å²) in [6.45, 7) is 1.11. The quantitative estimate of drug-likeness (QED) is 0.714. The Labute approximate surface area is 120 Å². The second-order valence-corrected chi connectivity index (χ2v) is 6.98. The van der Waals surface area contributed by atoms with E-state index in [2.05, 4.69) is 11.9 Å². The van der Waals surface area contributed by atoms with Gasteiger partial charge in [-0.2, -0.15) is 0 Å². The molecule has 0 amide bonds. The third-order valence-corrected chi connectivity index (χ3v) is 6.21.